The Morgan fingerprint density at radius 2 is 1.96 bits per heavy atom. The first kappa shape index (κ1) is 18.3. The molecule has 3 N–H and O–H groups in total. The van der Waals surface area contributed by atoms with Crippen LogP contribution in [0, 0.1) is 0 Å². The van der Waals surface area contributed by atoms with E-state index >= 15 is 0 Å². The highest BCUT2D eigenvalue weighted by atomic mass is 32.2. The van der Waals surface area contributed by atoms with Gasteiger partial charge in [-0.25, -0.2) is 8.42 Å². The van der Waals surface area contributed by atoms with Gasteiger partial charge in [0, 0.05) is 18.1 Å². The molecule has 0 spiro atoms. The van der Waals surface area contributed by atoms with Gasteiger partial charge in [0.25, 0.3) is 0 Å². The van der Waals surface area contributed by atoms with E-state index in [4.69, 9.17) is 0 Å². The average molecular weight is 362 g/mol. The van der Waals surface area contributed by atoms with Crippen LogP contribution in [0.25, 0.3) is 10.8 Å². The van der Waals surface area contributed by atoms with Crippen LogP contribution in [0.15, 0.2) is 42.5 Å². The lowest BCUT2D eigenvalue weighted by Crippen LogP contribution is -2.50. The first-order valence-corrected chi connectivity index (χ1v) is 10.4. The van der Waals surface area contributed by atoms with E-state index in [9.17, 15) is 13.5 Å². The van der Waals surface area contributed by atoms with E-state index < -0.39 is 22.0 Å². The highest BCUT2D eigenvalue weighted by molar-refractivity contribution is 7.91. The van der Waals surface area contributed by atoms with Gasteiger partial charge in [-0.05, 0) is 36.6 Å². The summed E-state index contributed by atoms with van der Waals surface area (Å²) >= 11 is 0. The third-order valence-corrected chi connectivity index (χ3v) is 6.19. The van der Waals surface area contributed by atoms with Gasteiger partial charge in [0.15, 0.2) is 9.84 Å². The van der Waals surface area contributed by atoms with Crippen molar-refractivity contribution in [2.75, 3.05) is 18.2 Å². The number of aliphatic hydroxyl groups excluding tert-OH is 1. The Hall–Kier alpha value is -1.47. The standard InChI is InChI=1S/C19H26N2O3S/c1-19(2,21-11-18(22)17-12-25(23,24)13-20-17)10-14-7-8-15-5-3-4-6-16(15)9-14/h3-9,17-18,20-22H,10-13H2,1-2H3/t17-,18-/m1/s1. The van der Waals surface area contributed by atoms with E-state index in [2.05, 4.69) is 54.8 Å². The van der Waals surface area contributed by atoms with Crippen LogP contribution in [0.5, 0.6) is 0 Å². The Kier molecular flexibility index (Phi) is 5.16. The Morgan fingerprint density at radius 1 is 1.24 bits per heavy atom. The van der Waals surface area contributed by atoms with E-state index in [1.165, 1.54) is 16.3 Å². The van der Waals surface area contributed by atoms with Crippen molar-refractivity contribution in [1.29, 1.82) is 0 Å². The van der Waals surface area contributed by atoms with Crippen molar-refractivity contribution in [3.05, 3.63) is 48.0 Å². The monoisotopic (exact) mass is 362 g/mol. The predicted octanol–water partition coefficient (Wildman–Crippen LogP) is 1.46. The maximum Gasteiger partial charge on any atom is 0.164 e. The summed E-state index contributed by atoms with van der Waals surface area (Å²) in [5.74, 6) is -0.0455. The van der Waals surface area contributed by atoms with Gasteiger partial charge < -0.3 is 10.4 Å². The zero-order chi connectivity index (χ0) is 18.1. The highest BCUT2D eigenvalue weighted by Gasteiger charge is 2.33. The molecule has 2 aromatic rings. The van der Waals surface area contributed by atoms with Crippen molar-refractivity contribution in [2.45, 2.75) is 38.0 Å². The van der Waals surface area contributed by atoms with Gasteiger partial charge in [0.05, 0.1) is 17.7 Å². The second-order valence-electron chi connectivity index (χ2n) is 7.56. The van der Waals surface area contributed by atoms with Gasteiger partial charge in [-0.1, -0.05) is 42.5 Å². The van der Waals surface area contributed by atoms with Crippen LogP contribution in [-0.4, -0.2) is 49.4 Å². The number of benzene rings is 2. The largest absolute Gasteiger partial charge is 0.390 e. The minimum Gasteiger partial charge on any atom is -0.390 e. The summed E-state index contributed by atoms with van der Waals surface area (Å²) in [7, 11) is -3.06. The maximum absolute atomic E-state index is 11.5. The first-order chi connectivity index (χ1) is 11.7. The number of aliphatic hydroxyl groups is 1. The highest BCUT2D eigenvalue weighted by Crippen LogP contribution is 2.19. The molecule has 25 heavy (non-hydrogen) atoms. The molecule has 6 heteroatoms. The van der Waals surface area contributed by atoms with Crippen molar-refractivity contribution in [3.63, 3.8) is 0 Å². The van der Waals surface area contributed by atoms with Crippen molar-refractivity contribution in [1.82, 2.24) is 10.6 Å². The average Bonchev–Trinajstić information content (AvgIpc) is 2.92. The van der Waals surface area contributed by atoms with Gasteiger partial charge in [-0.15, -0.1) is 0 Å². The number of nitrogens with one attached hydrogen (secondary N) is 2. The Morgan fingerprint density at radius 3 is 2.64 bits per heavy atom. The van der Waals surface area contributed by atoms with Gasteiger partial charge in [0.1, 0.15) is 0 Å². The smallest absolute Gasteiger partial charge is 0.164 e. The fourth-order valence-corrected chi connectivity index (χ4v) is 4.79. The molecular formula is C19H26N2O3S. The molecule has 1 aliphatic rings. The van der Waals surface area contributed by atoms with Crippen LogP contribution in [-0.2, 0) is 16.3 Å². The van der Waals surface area contributed by atoms with Crippen molar-refractivity contribution < 1.29 is 13.5 Å². The molecule has 1 aliphatic heterocycles. The topological polar surface area (TPSA) is 78.4 Å². The van der Waals surface area contributed by atoms with Crippen LogP contribution in [0.3, 0.4) is 0 Å². The van der Waals surface area contributed by atoms with E-state index in [0.29, 0.717) is 6.54 Å². The third-order valence-electron chi connectivity index (χ3n) is 4.71. The molecule has 2 atom stereocenters. The number of hydrogen-bond donors (Lipinski definition) is 3. The van der Waals surface area contributed by atoms with Crippen molar-refractivity contribution in [2.24, 2.45) is 0 Å². The van der Waals surface area contributed by atoms with Crippen LogP contribution in [0.1, 0.15) is 19.4 Å². The second-order valence-corrected chi connectivity index (χ2v) is 9.66. The molecule has 1 heterocycles. The molecule has 5 nitrogen and oxygen atoms in total. The fourth-order valence-electron chi connectivity index (χ4n) is 3.32. The quantitative estimate of drug-likeness (QED) is 0.725. The Labute approximate surface area is 149 Å². The molecule has 0 bridgehead atoms. The molecular weight excluding hydrogens is 336 g/mol. The van der Waals surface area contributed by atoms with Crippen LogP contribution in [0.2, 0.25) is 0 Å². The lowest BCUT2D eigenvalue weighted by molar-refractivity contribution is 0.129. The SMILES string of the molecule is CC(C)(Cc1ccc2ccccc2c1)NC[C@@H](O)[C@H]1CS(=O)(=O)CN1. The van der Waals surface area contributed by atoms with E-state index in [1.807, 2.05) is 12.1 Å². The minimum atomic E-state index is -3.06. The summed E-state index contributed by atoms with van der Waals surface area (Å²) in [6.07, 6.45) is 0.0918. The molecule has 0 amide bonds. The maximum atomic E-state index is 11.5. The van der Waals surface area contributed by atoms with Crippen LogP contribution >= 0.6 is 0 Å². The third kappa shape index (κ3) is 4.79. The van der Waals surface area contributed by atoms with E-state index in [-0.39, 0.29) is 17.2 Å². The number of sulfone groups is 1. The Bertz CT molecular complexity index is 849. The number of β-amino-alcohol motifs (C(OH)–C–C–N with tert-alkyl or cyclic N) is 1. The fraction of sp³-hybridized carbons (Fsp3) is 0.474. The normalized spacial score (nSPS) is 21.5. The molecule has 0 saturated carbocycles. The first-order valence-electron chi connectivity index (χ1n) is 8.59. The van der Waals surface area contributed by atoms with Gasteiger partial charge in [-0.3, -0.25) is 5.32 Å². The summed E-state index contributed by atoms with van der Waals surface area (Å²) in [6, 6.07) is 14.3. The molecule has 2 aromatic carbocycles. The summed E-state index contributed by atoms with van der Waals surface area (Å²) in [6.45, 7) is 4.54. The van der Waals surface area contributed by atoms with Gasteiger partial charge >= 0.3 is 0 Å². The van der Waals surface area contributed by atoms with E-state index in [1.54, 1.807) is 0 Å². The van der Waals surface area contributed by atoms with Crippen molar-refractivity contribution in [3.8, 4) is 0 Å². The predicted molar refractivity (Wildman–Crippen MR) is 101 cm³/mol. The summed E-state index contributed by atoms with van der Waals surface area (Å²) < 4.78 is 23.0. The molecule has 136 valence electrons. The summed E-state index contributed by atoms with van der Waals surface area (Å²) in [5.41, 5.74) is 1.02. The van der Waals surface area contributed by atoms with Crippen LogP contribution < -0.4 is 10.6 Å². The zero-order valence-corrected chi connectivity index (χ0v) is 15.5. The summed E-state index contributed by atoms with van der Waals surface area (Å²) in [5, 5.41) is 19.0. The molecule has 0 aromatic heterocycles. The van der Waals surface area contributed by atoms with Crippen molar-refractivity contribution >= 4 is 20.6 Å². The number of hydrogen-bond acceptors (Lipinski definition) is 5. The molecule has 0 unspecified atom stereocenters. The van der Waals surface area contributed by atoms with E-state index in [0.717, 1.165) is 6.42 Å². The molecule has 1 fully saturated rings. The Balaban J connectivity index is 1.59. The van der Waals surface area contributed by atoms with Gasteiger partial charge in [-0.2, -0.15) is 0 Å². The number of fused-ring (bicyclic) bond motifs is 1. The van der Waals surface area contributed by atoms with Crippen LogP contribution in [0.4, 0.5) is 0 Å². The lowest BCUT2D eigenvalue weighted by Gasteiger charge is -2.29. The molecule has 0 radical (unpaired) electrons. The summed E-state index contributed by atoms with van der Waals surface area (Å²) in [4.78, 5) is 0. The zero-order valence-electron chi connectivity index (χ0n) is 14.7. The second kappa shape index (κ2) is 7.03. The minimum absolute atomic E-state index is 0.000942. The molecule has 3 rings (SSSR count). The number of rotatable bonds is 6. The van der Waals surface area contributed by atoms with Gasteiger partial charge in [0.2, 0.25) is 0 Å². The lowest BCUT2D eigenvalue weighted by atomic mass is 9.93. The molecule has 0 aliphatic carbocycles. The molecule has 1 saturated heterocycles.